The number of carbonyl (C=O) groups excluding carboxylic acids is 1. The van der Waals surface area contributed by atoms with Gasteiger partial charge in [0.15, 0.2) is 0 Å². The first-order valence-electron chi connectivity index (χ1n) is 8.93. The zero-order chi connectivity index (χ0) is 17.5. The van der Waals surface area contributed by atoms with Crippen LogP contribution in [0.2, 0.25) is 0 Å². The lowest BCUT2D eigenvalue weighted by molar-refractivity contribution is 0.192. The number of hydrogen-bond acceptors (Lipinski definition) is 3. The molecule has 1 unspecified atom stereocenters. The highest BCUT2D eigenvalue weighted by Gasteiger charge is 2.19. The molecule has 25 heavy (non-hydrogen) atoms. The molecule has 1 aliphatic rings. The Bertz CT molecular complexity index is 672. The predicted octanol–water partition coefficient (Wildman–Crippen LogP) is 2.24. The van der Waals surface area contributed by atoms with Gasteiger partial charge in [-0.15, -0.1) is 0 Å². The summed E-state index contributed by atoms with van der Waals surface area (Å²) < 4.78 is 1.88. The number of urea groups is 1. The Balaban J connectivity index is 1.51. The summed E-state index contributed by atoms with van der Waals surface area (Å²) in [5.74, 6) is 0.330. The SMILES string of the molecule is O=C(NCc1cccc(Cn2cccn2)c1)N1CCCC(CO)CC1. The highest BCUT2D eigenvalue weighted by atomic mass is 16.3. The average Bonchev–Trinajstić information content (AvgIpc) is 3.02. The number of likely N-dealkylation sites (tertiary alicyclic amines) is 1. The molecule has 1 atom stereocenters. The van der Waals surface area contributed by atoms with Gasteiger partial charge in [0, 0.05) is 38.6 Å². The van der Waals surface area contributed by atoms with Crippen molar-refractivity contribution in [2.75, 3.05) is 19.7 Å². The molecule has 0 aliphatic carbocycles. The number of aliphatic hydroxyl groups excluding tert-OH is 1. The van der Waals surface area contributed by atoms with Gasteiger partial charge in [-0.2, -0.15) is 5.10 Å². The molecule has 0 saturated carbocycles. The van der Waals surface area contributed by atoms with Crippen molar-refractivity contribution in [2.45, 2.75) is 32.4 Å². The van der Waals surface area contributed by atoms with Gasteiger partial charge in [-0.1, -0.05) is 24.3 Å². The molecule has 134 valence electrons. The van der Waals surface area contributed by atoms with Crippen LogP contribution in [0.4, 0.5) is 4.79 Å². The van der Waals surface area contributed by atoms with Crippen LogP contribution in [0, 0.1) is 5.92 Å². The molecule has 1 fully saturated rings. The lowest BCUT2D eigenvalue weighted by Crippen LogP contribution is -2.40. The van der Waals surface area contributed by atoms with Crippen LogP contribution in [0.5, 0.6) is 0 Å². The summed E-state index contributed by atoms with van der Waals surface area (Å²) in [7, 11) is 0. The topological polar surface area (TPSA) is 70.4 Å². The Kier molecular flexibility index (Phi) is 6.06. The average molecular weight is 342 g/mol. The van der Waals surface area contributed by atoms with Gasteiger partial charge in [0.2, 0.25) is 0 Å². The molecule has 1 saturated heterocycles. The molecule has 1 aliphatic heterocycles. The normalized spacial score (nSPS) is 18.0. The second-order valence-corrected chi connectivity index (χ2v) is 6.65. The van der Waals surface area contributed by atoms with Gasteiger partial charge in [-0.05, 0) is 42.4 Å². The molecule has 6 nitrogen and oxygen atoms in total. The van der Waals surface area contributed by atoms with Crippen LogP contribution in [0.3, 0.4) is 0 Å². The zero-order valence-corrected chi connectivity index (χ0v) is 14.5. The summed E-state index contributed by atoms with van der Waals surface area (Å²) in [6.45, 7) is 2.95. The number of hydrogen-bond donors (Lipinski definition) is 2. The van der Waals surface area contributed by atoms with Crippen molar-refractivity contribution in [1.82, 2.24) is 20.0 Å². The van der Waals surface area contributed by atoms with E-state index in [0.29, 0.717) is 12.5 Å². The van der Waals surface area contributed by atoms with Crippen LogP contribution in [-0.4, -0.2) is 45.5 Å². The van der Waals surface area contributed by atoms with Crippen molar-refractivity contribution in [1.29, 1.82) is 0 Å². The molecule has 2 N–H and O–H groups in total. The summed E-state index contributed by atoms with van der Waals surface area (Å²) in [5.41, 5.74) is 2.25. The van der Waals surface area contributed by atoms with Crippen LogP contribution in [-0.2, 0) is 13.1 Å². The third-order valence-electron chi connectivity index (χ3n) is 4.73. The second-order valence-electron chi connectivity index (χ2n) is 6.65. The number of nitrogens with one attached hydrogen (secondary N) is 1. The van der Waals surface area contributed by atoms with E-state index in [1.54, 1.807) is 6.20 Å². The maximum Gasteiger partial charge on any atom is 0.317 e. The third kappa shape index (κ3) is 5.06. The number of nitrogens with zero attached hydrogens (tertiary/aromatic N) is 3. The van der Waals surface area contributed by atoms with Gasteiger partial charge in [-0.3, -0.25) is 4.68 Å². The van der Waals surface area contributed by atoms with Gasteiger partial charge in [-0.25, -0.2) is 4.79 Å². The first-order chi connectivity index (χ1) is 12.2. The molecule has 2 aromatic rings. The first kappa shape index (κ1) is 17.5. The first-order valence-corrected chi connectivity index (χ1v) is 8.93. The number of rotatable bonds is 5. The minimum absolute atomic E-state index is 0.0175. The quantitative estimate of drug-likeness (QED) is 0.875. The molecule has 1 aromatic heterocycles. The van der Waals surface area contributed by atoms with Crippen molar-refractivity contribution in [3.63, 3.8) is 0 Å². The van der Waals surface area contributed by atoms with Crippen LogP contribution in [0.1, 0.15) is 30.4 Å². The second kappa shape index (κ2) is 8.67. The summed E-state index contributed by atoms with van der Waals surface area (Å²) in [6, 6.07) is 10.1. The van der Waals surface area contributed by atoms with Gasteiger partial charge >= 0.3 is 6.03 Å². The van der Waals surface area contributed by atoms with Gasteiger partial charge in [0.25, 0.3) is 0 Å². The van der Waals surface area contributed by atoms with E-state index in [1.807, 2.05) is 34.0 Å². The summed E-state index contributed by atoms with van der Waals surface area (Å²) >= 11 is 0. The van der Waals surface area contributed by atoms with Crippen molar-refractivity contribution in [3.8, 4) is 0 Å². The molecule has 0 spiro atoms. The number of aliphatic hydroxyl groups is 1. The van der Waals surface area contributed by atoms with E-state index in [2.05, 4.69) is 22.5 Å². The van der Waals surface area contributed by atoms with Crippen molar-refractivity contribution in [2.24, 2.45) is 5.92 Å². The molecule has 2 heterocycles. The van der Waals surface area contributed by atoms with Crippen LogP contribution in [0.25, 0.3) is 0 Å². The summed E-state index contributed by atoms with van der Waals surface area (Å²) in [4.78, 5) is 14.3. The minimum atomic E-state index is -0.0175. The molecule has 3 rings (SSSR count). The van der Waals surface area contributed by atoms with Crippen LogP contribution < -0.4 is 5.32 Å². The van der Waals surface area contributed by atoms with Gasteiger partial charge < -0.3 is 15.3 Å². The minimum Gasteiger partial charge on any atom is -0.396 e. The van der Waals surface area contributed by atoms with E-state index in [1.165, 1.54) is 0 Å². The number of carbonyl (C=O) groups is 1. The van der Waals surface area contributed by atoms with E-state index >= 15 is 0 Å². The monoisotopic (exact) mass is 342 g/mol. The molecular weight excluding hydrogens is 316 g/mol. The van der Waals surface area contributed by atoms with Crippen molar-refractivity contribution >= 4 is 6.03 Å². The number of benzene rings is 1. The Morgan fingerprint density at radius 2 is 2.12 bits per heavy atom. The van der Waals surface area contributed by atoms with E-state index in [4.69, 9.17) is 0 Å². The summed E-state index contributed by atoms with van der Waals surface area (Å²) in [5, 5.41) is 16.5. The van der Waals surface area contributed by atoms with Crippen LogP contribution >= 0.6 is 0 Å². The summed E-state index contributed by atoms with van der Waals surface area (Å²) in [6.07, 6.45) is 6.54. The highest BCUT2D eigenvalue weighted by Crippen LogP contribution is 2.17. The van der Waals surface area contributed by atoms with Gasteiger partial charge in [0.05, 0.1) is 6.54 Å². The Hall–Kier alpha value is -2.34. The molecular formula is C19H26N4O2. The van der Waals surface area contributed by atoms with Crippen molar-refractivity contribution in [3.05, 3.63) is 53.9 Å². The molecule has 2 amide bonds. The lowest BCUT2D eigenvalue weighted by Gasteiger charge is -2.21. The lowest BCUT2D eigenvalue weighted by atomic mass is 10.0. The fourth-order valence-corrected chi connectivity index (χ4v) is 3.26. The smallest absolute Gasteiger partial charge is 0.317 e. The maximum atomic E-state index is 12.4. The van der Waals surface area contributed by atoms with E-state index in [-0.39, 0.29) is 12.6 Å². The Morgan fingerprint density at radius 1 is 1.24 bits per heavy atom. The number of amides is 2. The third-order valence-corrected chi connectivity index (χ3v) is 4.73. The predicted molar refractivity (Wildman–Crippen MR) is 96.0 cm³/mol. The standard InChI is InChI=1S/C19H26N4O2/c24-15-16-6-2-9-22(11-7-16)19(25)20-13-17-4-1-5-18(12-17)14-23-10-3-8-21-23/h1,3-5,8,10,12,16,24H,2,6-7,9,11,13-15H2,(H,20,25). The Labute approximate surface area is 148 Å². The van der Waals surface area contributed by atoms with Crippen molar-refractivity contribution < 1.29 is 9.90 Å². The molecule has 6 heteroatoms. The molecule has 1 aromatic carbocycles. The van der Waals surface area contributed by atoms with Crippen LogP contribution in [0.15, 0.2) is 42.7 Å². The Morgan fingerprint density at radius 3 is 2.92 bits per heavy atom. The highest BCUT2D eigenvalue weighted by molar-refractivity contribution is 5.74. The molecule has 0 bridgehead atoms. The van der Waals surface area contributed by atoms with E-state index in [9.17, 15) is 9.90 Å². The molecule has 0 radical (unpaired) electrons. The number of aromatic nitrogens is 2. The van der Waals surface area contributed by atoms with Gasteiger partial charge in [0.1, 0.15) is 0 Å². The van der Waals surface area contributed by atoms with E-state index < -0.39 is 0 Å². The fourth-order valence-electron chi connectivity index (χ4n) is 3.26. The maximum absolute atomic E-state index is 12.4. The largest absolute Gasteiger partial charge is 0.396 e. The zero-order valence-electron chi connectivity index (χ0n) is 14.5. The fraction of sp³-hybridized carbons (Fsp3) is 0.474. The van der Waals surface area contributed by atoms with E-state index in [0.717, 1.165) is 50.0 Å².